The zero-order valence-corrected chi connectivity index (χ0v) is 19.8. The zero-order chi connectivity index (χ0) is 23.5. The first-order chi connectivity index (χ1) is 15.9. The van der Waals surface area contributed by atoms with Crippen LogP contribution in [0, 0.1) is 0 Å². The maximum atomic E-state index is 13.5. The highest BCUT2D eigenvalue weighted by molar-refractivity contribution is 7.07. The van der Waals surface area contributed by atoms with E-state index in [2.05, 4.69) is 9.98 Å². The van der Waals surface area contributed by atoms with Gasteiger partial charge >= 0.3 is 5.97 Å². The van der Waals surface area contributed by atoms with Crippen molar-refractivity contribution in [3.8, 4) is 5.75 Å². The molecule has 0 aliphatic carbocycles. The van der Waals surface area contributed by atoms with Crippen molar-refractivity contribution in [3.63, 3.8) is 0 Å². The van der Waals surface area contributed by atoms with Gasteiger partial charge in [-0.25, -0.2) is 9.79 Å². The molecule has 1 atom stereocenters. The van der Waals surface area contributed by atoms with E-state index in [0.29, 0.717) is 20.6 Å². The van der Waals surface area contributed by atoms with Gasteiger partial charge in [-0.15, -0.1) is 0 Å². The molecule has 0 N–H and O–H groups in total. The fourth-order valence-corrected chi connectivity index (χ4v) is 4.77. The lowest BCUT2D eigenvalue weighted by molar-refractivity contribution is -0.139. The van der Waals surface area contributed by atoms with E-state index in [0.717, 1.165) is 16.9 Å². The van der Waals surface area contributed by atoms with Crippen LogP contribution >= 0.6 is 11.3 Å². The van der Waals surface area contributed by atoms with Crippen LogP contribution in [0.1, 0.15) is 44.9 Å². The molecule has 0 saturated carbocycles. The summed E-state index contributed by atoms with van der Waals surface area (Å²) in [6.45, 7) is 7.68. The van der Waals surface area contributed by atoms with Crippen molar-refractivity contribution in [2.24, 2.45) is 4.99 Å². The summed E-state index contributed by atoms with van der Waals surface area (Å²) in [5.41, 5.74) is 2.33. The first kappa shape index (κ1) is 22.7. The average molecular weight is 464 g/mol. The molecule has 0 fully saturated rings. The Morgan fingerprint density at radius 3 is 2.52 bits per heavy atom. The maximum Gasteiger partial charge on any atom is 0.338 e. The van der Waals surface area contributed by atoms with Crippen LogP contribution in [0.3, 0.4) is 0 Å². The van der Waals surface area contributed by atoms with Crippen molar-refractivity contribution >= 4 is 23.4 Å². The number of aromatic nitrogens is 2. The summed E-state index contributed by atoms with van der Waals surface area (Å²) in [4.78, 5) is 35.6. The van der Waals surface area contributed by atoms with E-state index in [1.165, 1.54) is 11.3 Å². The SMILES string of the molecule is CCOC(=O)C1=C(C)N=c2sc(=Cc3ccncc3)c(=O)n2C1c1ccc(OC(C)C)cc1. The minimum Gasteiger partial charge on any atom is -0.491 e. The summed E-state index contributed by atoms with van der Waals surface area (Å²) in [5.74, 6) is 0.243. The van der Waals surface area contributed by atoms with Crippen molar-refractivity contribution in [2.75, 3.05) is 6.61 Å². The minimum atomic E-state index is -0.645. The summed E-state index contributed by atoms with van der Waals surface area (Å²) < 4.78 is 13.2. The number of nitrogens with zero attached hydrogens (tertiary/aromatic N) is 3. The van der Waals surface area contributed by atoms with Crippen LogP contribution in [0.15, 0.2) is 69.8 Å². The van der Waals surface area contributed by atoms with Crippen LogP contribution in [-0.4, -0.2) is 28.2 Å². The number of hydrogen-bond acceptors (Lipinski definition) is 7. The summed E-state index contributed by atoms with van der Waals surface area (Å²) in [5, 5.41) is 0. The van der Waals surface area contributed by atoms with Gasteiger partial charge in [0.1, 0.15) is 5.75 Å². The number of allylic oxidation sites excluding steroid dienone is 1. The predicted octanol–water partition coefficient (Wildman–Crippen LogP) is 2.98. The number of esters is 1. The third-order valence-electron chi connectivity index (χ3n) is 5.09. The number of carbonyl (C=O) groups excluding carboxylic acids is 1. The Kier molecular flexibility index (Phi) is 6.55. The van der Waals surface area contributed by atoms with Gasteiger partial charge in [0.05, 0.1) is 34.6 Å². The monoisotopic (exact) mass is 463 g/mol. The Labute approximate surface area is 195 Å². The first-order valence-electron chi connectivity index (χ1n) is 10.8. The minimum absolute atomic E-state index is 0.0407. The summed E-state index contributed by atoms with van der Waals surface area (Å²) in [6, 6.07) is 10.5. The van der Waals surface area contributed by atoms with Gasteiger partial charge in [-0.3, -0.25) is 14.3 Å². The molecule has 1 unspecified atom stereocenters. The predicted molar refractivity (Wildman–Crippen MR) is 127 cm³/mol. The second kappa shape index (κ2) is 9.54. The second-order valence-corrected chi connectivity index (χ2v) is 8.83. The van der Waals surface area contributed by atoms with E-state index < -0.39 is 12.0 Å². The number of hydrogen-bond donors (Lipinski definition) is 0. The van der Waals surface area contributed by atoms with Gasteiger partial charge in [-0.2, -0.15) is 0 Å². The van der Waals surface area contributed by atoms with Gasteiger partial charge < -0.3 is 9.47 Å². The van der Waals surface area contributed by atoms with Crippen LogP contribution in [0.2, 0.25) is 0 Å². The summed E-state index contributed by atoms with van der Waals surface area (Å²) in [6.07, 6.45) is 5.20. The van der Waals surface area contributed by atoms with Crippen molar-refractivity contribution in [1.82, 2.24) is 9.55 Å². The fraction of sp³-hybridized carbons (Fsp3) is 0.280. The molecule has 1 aromatic carbocycles. The van der Waals surface area contributed by atoms with E-state index in [-0.39, 0.29) is 18.3 Å². The highest BCUT2D eigenvalue weighted by Gasteiger charge is 2.33. The van der Waals surface area contributed by atoms with Gasteiger partial charge in [0.2, 0.25) is 0 Å². The Balaban J connectivity index is 1.90. The lowest BCUT2D eigenvalue weighted by atomic mass is 9.96. The van der Waals surface area contributed by atoms with Crippen molar-refractivity contribution < 1.29 is 14.3 Å². The molecule has 4 rings (SSSR count). The molecule has 0 amide bonds. The van der Waals surface area contributed by atoms with Crippen LogP contribution in [0.25, 0.3) is 6.08 Å². The Morgan fingerprint density at radius 1 is 1.18 bits per heavy atom. The Bertz CT molecular complexity index is 1370. The first-order valence-corrected chi connectivity index (χ1v) is 11.6. The molecule has 8 heteroatoms. The smallest absolute Gasteiger partial charge is 0.338 e. The second-order valence-electron chi connectivity index (χ2n) is 7.82. The van der Waals surface area contributed by atoms with E-state index in [9.17, 15) is 9.59 Å². The molecule has 3 heterocycles. The van der Waals surface area contributed by atoms with Crippen LogP contribution in [0.4, 0.5) is 0 Å². The average Bonchev–Trinajstić information content (AvgIpc) is 3.08. The van der Waals surface area contributed by atoms with Crippen LogP contribution < -0.4 is 19.6 Å². The Hall–Kier alpha value is -3.52. The van der Waals surface area contributed by atoms with Crippen molar-refractivity contribution in [3.05, 3.63) is 90.9 Å². The number of pyridine rings is 1. The van der Waals surface area contributed by atoms with Crippen LogP contribution in [0.5, 0.6) is 5.75 Å². The topological polar surface area (TPSA) is 82.8 Å². The third kappa shape index (κ3) is 4.66. The summed E-state index contributed by atoms with van der Waals surface area (Å²) >= 11 is 1.29. The molecule has 7 nitrogen and oxygen atoms in total. The van der Waals surface area contributed by atoms with Gasteiger partial charge in [0.25, 0.3) is 5.56 Å². The number of benzene rings is 1. The number of ether oxygens (including phenoxy) is 2. The van der Waals surface area contributed by atoms with Crippen LogP contribution in [-0.2, 0) is 9.53 Å². The molecular formula is C25H25N3O4S. The van der Waals surface area contributed by atoms with Gasteiger partial charge in [0, 0.05) is 12.4 Å². The standard InChI is InChI=1S/C25H25N3O4S/c1-5-31-24(30)21-16(4)27-25-28(22(21)18-6-8-19(9-7-18)32-15(2)3)23(29)20(33-25)14-17-10-12-26-13-11-17/h6-15,22H,5H2,1-4H3. The molecule has 0 spiro atoms. The number of thiazole rings is 1. The molecule has 170 valence electrons. The van der Waals surface area contributed by atoms with Gasteiger partial charge in [0.15, 0.2) is 4.80 Å². The normalized spacial score (nSPS) is 15.9. The molecule has 1 aliphatic rings. The number of fused-ring (bicyclic) bond motifs is 1. The molecule has 0 saturated heterocycles. The van der Waals surface area contributed by atoms with E-state index >= 15 is 0 Å². The number of rotatable bonds is 6. The third-order valence-corrected chi connectivity index (χ3v) is 6.07. The van der Waals surface area contributed by atoms with E-state index in [1.54, 1.807) is 30.8 Å². The lowest BCUT2D eigenvalue weighted by Crippen LogP contribution is -2.39. The van der Waals surface area contributed by atoms with E-state index in [1.807, 2.05) is 56.3 Å². The lowest BCUT2D eigenvalue weighted by Gasteiger charge is -2.25. The molecule has 0 radical (unpaired) electrons. The highest BCUT2D eigenvalue weighted by Crippen LogP contribution is 2.31. The maximum absolute atomic E-state index is 13.5. The molecule has 3 aromatic rings. The molecule has 2 aromatic heterocycles. The van der Waals surface area contributed by atoms with E-state index in [4.69, 9.17) is 9.47 Å². The summed E-state index contributed by atoms with van der Waals surface area (Å²) in [7, 11) is 0. The molecular weight excluding hydrogens is 438 g/mol. The zero-order valence-electron chi connectivity index (χ0n) is 18.9. The molecule has 1 aliphatic heterocycles. The Morgan fingerprint density at radius 2 is 1.88 bits per heavy atom. The largest absolute Gasteiger partial charge is 0.491 e. The number of carbonyl (C=O) groups is 1. The van der Waals surface area contributed by atoms with Gasteiger partial charge in [-0.1, -0.05) is 23.5 Å². The fourth-order valence-electron chi connectivity index (χ4n) is 3.72. The quantitative estimate of drug-likeness (QED) is 0.525. The molecule has 33 heavy (non-hydrogen) atoms. The highest BCUT2D eigenvalue weighted by atomic mass is 32.1. The van der Waals surface area contributed by atoms with Crippen molar-refractivity contribution in [1.29, 1.82) is 0 Å². The molecule has 0 bridgehead atoms. The van der Waals surface area contributed by atoms with Gasteiger partial charge in [-0.05, 0) is 69.2 Å². The van der Waals surface area contributed by atoms with Crippen molar-refractivity contribution in [2.45, 2.75) is 39.8 Å².